The number of halogens is 1. The average molecular weight is 548 g/mol. The number of carbonyl (C=O) groups is 1. The van der Waals surface area contributed by atoms with Gasteiger partial charge in [0.25, 0.3) is 10.0 Å². The van der Waals surface area contributed by atoms with Gasteiger partial charge in [-0.25, -0.2) is 17.7 Å². The summed E-state index contributed by atoms with van der Waals surface area (Å²) in [5, 5.41) is 12.9. The zero-order valence-corrected chi connectivity index (χ0v) is 23.0. The Kier molecular flexibility index (Phi) is 6.69. The summed E-state index contributed by atoms with van der Waals surface area (Å²) >= 11 is 6.05. The highest BCUT2D eigenvalue weighted by atomic mass is 35.5. The van der Waals surface area contributed by atoms with Crippen molar-refractivity contribution < 1.29 is 23.1 Å². The summed E-state index contributed by atoms with van der Waals surface area (Å²) in [6.07, 6.45) is 5.01. The van der Waals surface area contributed by atoms with Gasteiger partial charge >= 0.3 is 0 Å². The number of nitrogens with zero attached hydrogens (tertiary/aromatic N) is 2. The van der Waals surface area contributed by atoms with Crippen LogP contribution in [0.5, 0.6) is 5.75 Å². The van der Waals surface area contributed by atoms with Crippen molar-refractivity contribution in [2.24, 2.45) is 22.7 Å². The predicted molar refractivity (Wildman–Crippen MR) is 142 cm³/mol. The molecular formula is C27H34ClN3O5S. The Hall–Kier alpha value is -2.36. The van der Waals surface area contributed by atoms with Crippen molar-refractivity contribution in [2.75, 3.05) is 22.8 Å². The number of anilines is 2. The van der Waals surface area contributed by atoms with E-state index in [1.807, 2.05) is 6.92 Å². The van der Waals surface area contributed by atoms with E-state index in [4.69, 9.17) is 16.3 Å². The van der Waals surface area contributed by atoms with Crippen molar-refractivity contribution in [2.45, 2.75) is 63.9 Å². The third-order valence-corrected chi connectivity index (χ3v) is 11.0. The molecule has 2 unspecified atom stereocenters. The minimum atomic E-state index is -4.06. The van der Waals surface area contributed by atoms with Gasteiger partial charge in [-0.05, 0) is 72.8 Å². The summed E-state index contributed by atoms with van der Waals surface area (Å²) in [5.41, 5.74) is 0.568. The molecule has 200 valence electrons. The number of hydrogen-bond donors (Lipinski definition) is 2. The van der Waals surface area contributed by atoms with Gasteiger partial charge in [0.05, 0.1) is 18.0 Å². The number of amides is 1. The van der Waals surface area contributed by atoms with E-state index in [1.165, 1.54) is 31.4 Å². The number of aromatic nitrogens is 1. The van der Waals surface area contributed by atoms with Gasteiger partial charge in [-0.15, -0.1) is 0 Å². The number of rotatable bonds is 6. The quantitative estimate of drug-likeness (QED) is 0.534. The van der Waals surface area contributed by atoms with Gasteiger partial charge in [-0.2, -0.15) is 0 Å². The van der Waals surface area contributed by atoms with E-state index in [2.05, 4.69) is 24.1 Å². The third-order valence-electron chi connectivity index (χ3n) is 9.04. The summed E-state index contributed by atoms with van der Waals surface area (Å²) in [7, 11) is -4.06. The van der Waals surface area contributed by atoms with Crippen LogP contribution in [-0.2, 0) is 14.8 Å². The maximum Gasteiger partial charge on any atom is 0.265 e. The van der Waals surface area contributed by atoms with E-state index >= 15 is 0 Å². The second-order valence-electron chi connectivity index (χ2n) is 11.4. The average Bonchev–Trinajstić information content (AvgIpc) is 3.29. The van der Waals surface area contributed by atoms with Crippen LogP contribution in [0.4, 0.5) is 11.6 Å². The summed E-state index contributed by atoms with van der Waals surface area (Å²) in [4.78, 5) is 17.8. The number of sulfonamides is 1. The van der Waals surface area contributed by atoms with Crippen LogP contribution >= 0.6 is 11.6 Å². The number of aliphatic hydroxyl groups excluding tert-OH is 1. The summed E-state index contributed by atoms with van der Waals surface area (Å²) in [6.45, 7) is 6.21. The molecule has 0 spiro atoms. The fourth-order valence-electron chi connectivity index (χ4n) is 6.53. The maximum atomic E-state index is 13.5. The monoisotopic (exact) mass is 547 g/mol. The van der Waals surface area contributed by atoms with Gasteiger partial charge in [0, 0.05) is 10.9 Å². The number of aliphatic hydroxyl groups is 1. The SMILES string of the molecule is C[C@H](C(=O)Nc1ccc2c(n1)N(S(=O)(=O)c1cccc(Cl)c1)C[C@H](CO)O2)C1CC2(C)CCCC2(C)C1. The summed E-state index contributed by atoms with van der Waals surface area (Å²) in [6, 6.07) is 9.15. The van der Waals surface area contributed by atoms with Crippen LogP contribution in [0.3, 0.4) is 0 Å². The van der Waals surface area contributed by atoms with Crippen molar-refractivity contribution in [3.8, 4) is 5.75 Å². The van der Waals surface area contributed by atoms with Gasteiger partial charge in [0.15, 0.2) is 11.6 Å². The Balaban J connectivity index is 1.39. The van der Waals surface area contributed by atoms with E-state index in [0.29, 0.717) is 5.92 Å². The molecule has 0 radical (unpaired) electrons. The standard InChI is InChI=1S/C27H34ClN3O5S/c1-17(18-13-26(2)10-5-11-27(26,3)14-18)25(33)30-23-9-8-22-24(29-23)31(15-20(16-32)36-22)37(34,35)21-7-4-6-19(28)12-21/h4,6-9,12,17-18,20,32H,5,10-11,13-16H2,1-3H3,(H,29,30,33)/t17-,18?,20+,26?,27?/m0/s1. The Morgan fingerprint density at radius 1 is 1.24 bits per heavy atom. The number of hydrogen-bond acceptors (Lipinski definition) is 6. The van der Waals surface area contributed by atoms with Gasteiger partial charge in [0.1, 0.15) is 11.9 Å². The molecule has 5 rings (SSSR count). The molecule has 1 aromatic carbocycles. The van der Waals surface area contributed by atoms with Crippen molar-refractivity contribution >= 4 is 39.2 Å². The number of pyridine rings is 1. The number of benzene rings is 1. The molecule has 0 bridgehead atoms. The summed E-state index contributed by atoms with van der Waals surface area (Å²) < 4.78 is 33.9. The van der Waals surface area contributed by atoms with Crippen LogP contribution in [0.25, 0.3) is 0 Å². The van der Waals surface area contributed by atoms with Crippen molar-refractivity contribution in [1.82, 2.24) is 4.98 Å². The number of carbonyl (C=O) groups excluding carboxylic acids is 1. The zero-order valence-electron chi connectivity index (χ0n) is 21.4. The van der Waals surface area contributed by atoms with Gasteiger partial charge < -0.3 is 15.2 Å². The normalized spacial score (nSPS) is 29.8. The lowest BCUT2D eigenvalue weighted by Gasteiger charge is -2.34. The van der Waals surface area contributed by atoms with E-state index in [9.17, 15) is 18.3 Å². The van der Waals surface area contributed by atoms with Gasteiger partial charge in [-0.1, -0.05) is 44.9 Å². The highest BCUT2D eigenvalue weighted by Crippen LogP contribution is 2.65. The Morgan fingerprint density at radius 2 is 1.95 bits per heavy atom. The van der Waals surface area contributed by atoms with Crippen LogP contribution in [0, 0.1) is 22.7 Å². The van der Waals surface area contributed by atoms with Crippen LogP contribution in [0.1, 0.15) is 52.9 Å². The second kappa shape index (κ2) is 9.43. The van der Waals surface area contributed by atoms with Crippen molar-refractivity contribution in [1.29, 1.82) is 0 Å². The molecular weight excluding hydrogens is 514 g/mol. The first-order valence-electron chi connectivity index (χ1n) is 12.8. The number of fused-ring (bicyclic) bond motifs is 2. The fraction of sp³-hybridized carbons (Fsp3) is 0.556. The molecule has 2 aliphatic carbocycles. The molecule has 1 amide bonds. The molecule has 37 heavy (non-hydrogen) atoms. The van der Waals surface area contributed by atoms with E-state index in [1.54, 1.807) is 24.3 Å². The Morgan fingerprint density at radius 3 is 2.59 bits per heavy atom. The predicted octanol–water partition coefficient (Wildman–Crippen LogP) is 4.86. The van der Waals surface area contributed by atoms with Crippen LogP contribution in [0.15, 0.2) is 41.3 Å². The molecule has 8 nitrogen and oxygen atoms in total. The van der Waals surface area contributed by atoms with E-state index in [0.717, 1.165) is 17.1 Å². The van der Waals surface area contributed by atoms with Crippen molar-refractivity contribution in [3.05, 3.63) is 41.4 Å². The molecule has 1 aromatic heterocycles. The highest BCUT2D eigenvalue weighted by molar-refractivity contribution is 7.92. The Bertz CT molecular complexity index is 1300. The minimum absolute atomic E-state index is 0.00294. The first-order valence-corrected chi connectivity index (χ1v) is 14.7. The summed E-state index contributed by atoms with van der Waals surface area (Å²) in [5.74, 6) is 0.499. The molecule has 10 heteroatoms. The smallest absolute Gasteiger partial charge is 0.265 e. The zero-order chi connectivity index (χ0) is 26.6. The van der Waals surface area contributed by atoms with Crippen molar-refractivity contribution in [3.63, 3.8) is 0 Å². The van der Waals surface area contributed by atoms with Gasteiger partial charge in [0.2, 0.25) is 5.91 Å². The lowest BCUT2D eigenvalue weighted by molar-refractivity contribution is -0.121. The molecule has 2 heterocycles. The van der Waals surface area contributed by atoms with E-state index < -0.39 is 16.1 Å². The minimum Gasteiger partial charge on any atom is -0.482 e. The Labute approximate surface area is 223 Å². The third kappa shape index (κ3) is 4.59. The molecule has 2 N–H and O–H groups in total. The number of ether oxygens (including phenoxy) is 1. The molecule has 1 aliphatic heterocycles. The van der Waals surface area contributed by atoms with E-state index in [-0.39, 0.29) is 63.1 Å². The van der Waals surface area contributed by atoms with Crippen LogP contribution in [0.2, 0.25) is 5.02 Å². The fourth-order valence-corrected chi connectivity index (χ4v) is 8.29. The molecule has 2 aromatic rings. The first-order chi connectivity index (χ1) is 17.5. The molecule has 4 atom stereocenters. The van der Waals surface area contributed by atoms with Crippen LogP contribution < -0.4 is 14.4 Å². The lowest BCUT2D eigenvalue weighted by Crippen LogP contribution is -2.45. The topological polar surface area (TPSA) is 109 Å². The maximum absolute atomic E-state index is 13.5. The number of nitrogens with one attached hydrogen (secondary N) is 1. The second-order valence-corrected chi connectivity index (χ2v) is 13.7. The largest absolute Gasteiger partial charge is 0.482 e. The lowest BCUT2D eigenvalue weighted by atomic mass is 9.71. The first kappa shape index (κ1) is 26.3. The van der Waals surface area contributed by atoms with Crippen LogP contribution in [-0.4, -0.2) is 43.7 Å². The molecule has 3 aliphatic rings. The molecule has 2 saturated carbocycles. The molecule has 2 fully saturated rings. The highest BCUT2D eigenvalue weighted by Gasteiger charge is 2.56. The van der Waals surface area contributed by atoms with Gasteiger partial charge in [-0.3, -0.25) is 4.79 Å². The molecule has 0 saturated heterocycles.